The van der Waals surface area contributed by atoms with Crippen molar-refractivity contribution < 1.29 is 19.3 Å². The van der Waals surface area contributed by atoms with Crippen molar-refractivity contribution in [2.24, 2.45) is 5.92 Å². The lowest BCUT2D eigenvalue weighted by Crippen LogP contribution is -2.51. The number of carbonyl (C=O) groups is 3. The molecule has 4 atom stereocenters. The van der Waals surface area contributed by atoms with E-state index in [0.29, 0.717) is 16.9 Å². The second kappa shape index (κ2) is 9.74. The average Bonchev–Trinajstić information content (AvgIpc) is 3.49. The number of amides is 1. The van der Waals surface area contributed by atoms with Gasteiger partial charge in [0, 0.05) is 40.2 Å². The smallest absolute Gasteiger partial charge is 0.270 e. The molecule has 1 spiro atoms. The highest BCUT2D eigenvalue weighted by molar-refractivity contribution is 6.34. The van der Waals surface area contributed by atoms with Gasteiger partial charge in [0.05, 0.1) is 21.9 Å². The van der Waals surface area contributed by atoms with E-state index in [-0.39, 0.29) is 21.8 Å². The van der Waals surface area contributed by atoms with E-state index >= 15 is 0 Å². The Hall–Kier alpha value is -5.08. The summed E-state index contributed by atoms with van der Waals surface area (Å²) in [6.07, 6.45) is 1.96. The summed E-state index contributed by atoms with van der Waals surface area (Å²) in [7, 11) is 0. The fourth-order valence-electron chi connectivity index (χ4n) is 7.16. The molecule has 0 aromatic heterocycles. The third-order valence-electron chi connectivity index (χ3n) is 8.92. The van der Waals surface area contributed by atoms with Gasteiger partial charge in [0.1, 0.15) is 11.5 Å². The molecule has 0 bridgehead atoms. The summed E-state index contributed by atoms with van der Waals surface area (Å²) in [5.41, 5.74) is 2.11. The molecule has 9 heteroatoms. The van der Waals surface area contributed by atoms with E-state index in [9.17, 15) is 24.5 Å². The molecule has 212 valence electrons. The van der Waals surface area contributed by atoms with Crippen LogP contribution in [0.2, 0.25) is 5.02 Å². The number of allylic oxidation sites excluding steroid dienone is 1. The Labute approximate surface area is 251 Å². The zero-order valence-electron chi connectivity index (χ0n) is 22.9. The maximum Gasteiger partial charge on any atom is 0.270 e. The number of halogens is 1. The molecule has 0 saturated carbocycles. The molecule has 8 nitrogen and oxygen atoms in total. The van der Waals surface area contributed by atoms with Gasteiger partial charge in [0.25, 0.3) is 5.69 Å². The van der Waals surface area contributed by atoms with Gasteiger partial charge >= 0.3 is 0 Å². The summed E-state index contributed by atoms with van der Waals surface area (Å²) < 4.78 is 0. The van der Waals surface area contributed by atoms with Crippen LogP contribution in [-0.4, -0.2) is 34.5 Å². The van der Waals surface area contributed by atoms with Gasteiger partial charge in [-0.05, 0) is 42.3 Å². The van der Waals surface area contributed by atoms with Gasteiger partial charge in [-0.25, -0.2) is 0 Å². The van der Waals surface area contributed by atoms with Crippen molar-refractivity contribution in [2.45, 2.75) is 24.4 Å². The molecule has 0 aliphatic carbocycles. The van der Waals surface area contributed by atoms with Crippen molar-refractivity contribution >= 4 is 51.7 Å². The number of anilines is 2. The lowest BCUT2D eigenvalue weighted by atomic mass is 9.64. The van der Waals surface area contributed by atoms with E-state index in [1.54, 1.807) is 42.5 Å². The number of fused-ring (bicyclic) bond motifs is 6. The Morgan fingerprint density at radius 2 is 1.65 bits per heavy atom. The highest BCUT2D eigenvalue weighted by atomic mass is 35.5. The zero-order chi connectivity index (χ0) is 30.0. The van der Waals surface area contributed by atoms with Crippen molar-refractivity contribution in [2.75, 3.05) is 10.2 Å². The maximum atomic E-state index is 14.9. The second-order valence-electron chi connectivity index (χ2n) is 11.0. The molecule has 7 rings (SSSR count). The fourth-order valence-corrected chi connectivity index (χ4v) is 7.39. The Morgan fingerprint density at radius 3 is 2.44 bits per heavy atom. The van der Waals surface area contributed by atoms with Crippen molar-refractivity contribution in [3.05, 3.63) is 141 Å². The first kappa shape index (κ1) is 26.8. The Morgan fingerprint density at radius 1 is 0.930 bits per heavy atom. The minimum Gasteiger partial charge on any atom is -0.352 e. The number of hydrogen-bond acceptors (Lipinski definition) is 6. The summed E-state index contributed by atoms with van der Waals surface area (Å²) in [6.45, 7) is 1.95. The predicted octanol–water partition coefficient (Wildman–Crippen LogP) is 6.49. The fraction of sp³-hybridized carbons (Fsp3) is 0.147. The SMILES string of the molecule is CC1=C[C@@H]2N(c3ccccc31)[C@@H](C(=O)c1ccccc1Cl)[C@@H](C(=O)c1cccc([N+](=O)[O-])c1)[C@]21C(=O)Nc2ccccc21. The third-order valence-corrected chi connectivity index (χ3v) is 9.25. The molecule has 1 N–H and O–H groups in total. The monoisotopic (exact) mass is 589 g/mol. The molecule has 1 amide bonds. The van der Waals surface area contributed by atoms with Gasteiger partial charge in [-0.1, -0.05) is 78.3 Å². The molecule has 4 aromatic rings. The molecule has 1 fully saturated rings. The van der Waals surface area contributed by atoms with E-state index in [0.717, 1.165) is 11.1 Å². The van der Waals surface area contributed by atoms with Crippen molar-refractivity contribution in [1.82, 2.24) is 0 Å². The van der Waals surface area contributed by atoms with Crippen LogP contribution in [0.5, 0.6) is 0 Å². The van der Waals surface area contributed by atoms with Crippen LogP contribution in [0.4, 0.5) is 17.1 Å². The molecule has 4 aromatic carbocycles. The second-order valence-corrected chi connectivity index (χ2v) is 11.4. The number of hydrogen-bond donors (Lipinski definition) is 1. The van der Waals surface area contributed by atoms with E-state index in [1.807, 2.05) is 48.2 Å². The Bertz CT molecular complexity index is 1920. The van der Waals surface area contributed by atoms with Crippen LogP contribution in [0.25, 0.3) is 5.57 Å². The van der Waals surface area contributed by atoms with Gasteiger partial charge in [-0.15, -0.1) is 0 Å². The largest absolute Gasteiger partial charge is 0.352 e. The predicted molar refractivity (Wildman–Crippen MR) is 164 cm³/mol. The summed E-state index contributed by atoms with van der Waals surface area (Å²) in [5.74, 6) is -2.64. The molecule has 43 heavy (non-hydrogen) atoms. The first-order valence-electron chi connectivity index (χ1n) is 13.8. The van der Waals surface area contributed by atoms with Crippen LogP contribution in [0.1, 0.15) is 38.8 Å². The number of ketones is 2. The van der Waals surface area contributed by atoms with Crippen molar-refractivity contribution in [3.8, 4) is 0 Å². The molecule has 3 aliphatic rings. The normalized spacial score (nSPS) is 23.2. The number of carbonyl (C=O) groups excluding carboxylic acids is 3. The first-order valence-corrected chi connectivity index (χ1v) is 14.2. The molecule has 0 unspecified atom stereocenters. The number of rotatable bonds is 5. The van der Waals surface area contributed by atoms with Gasteiger partial charge in [0.2, 0.25) is 5.91 Å². The van der Waals surface area contributed by atoms with Crippen LogP contribution >= 0.6 is 11.6 Å². The maximum absolute atomic E-state index is 14.9. The molecule has 3 heterocycles. The number of non-ortho nitro benzene ring substituents is 1. The number of nitro groups is 1. The first-order chi connectivity index (χ1) is 20.7. The minimum atomic E-state index is -1.53. The highest BCUT2D eigenvalue weighted by Crippen LogP contribution is 2.59. The number of nitrogens with one attached hydrogen (secondary N) is 1. The summed E-state index contributed by atoms with van der Waals surface area (Å²) in [4.78, 5) is 57.1. The van der Waals surface area contributed by atoms with Crippen LogP contribution in [0, 0.1) is 16.0 Å². The van der Waals surface area contributed by atoms with Gasteiger partial charge in [-0.3, -0.25) is 24.5 Å². The zero-order valence-corrected chi connectivity index (χ0v) is 23.6. The minimum absolute atomic E-state index is 0.0431. The summed E-state index contributed by atoms with van der Waals surface area (Å²) in [6, 6.07) is 25.0. The lowest BCUT2D eigenvalue weighted by molar-refractivity contribution is -0.384. The number of nitrogens with zero attached hydrogens (tertiary/aromatic N) is 2. The van der Waals surface area contributed by atoms with Crippen molar-refractivity contribution in [3.63, 3.8) is 0 Å². The van der Waals surface area contributed by atoms with E-state index in [2.05, 4.69) is 5.32 Å². The Kier molecular flexibility index (Phi) is 6.07. The van der Waals surface area contributed by atoms with Crippen LogP contribution in [-0.2, 0) is 10.2 Å². The molecule has 1 saturated heterocycles. The van der Waals surface area contributed by atoms with Gasteiger partial charge in [0.15, 0.2) is 11.6 Å². The van der Waals surface area contributed by atoms with E-state index in [4.69, 9.17) is 11.6 Å². The molecule has 0 radical (unpaired) electrons. The van der Waals surface area contributed by atoms with Crippen LogP contribution in [0.15, 0.2) is 103 Å². The Balaban J connectivity index is 1.56. The average molecular weight is 590 g/mol. The quantitative estimate of drug-likeness (QED) is 0.162. The topological polar surface area (TPSA) is 110 Å². The standard InChI is InChI=1S/C34H24ClN3O5/c1-19-17-28-34(24-13-4-6-15-26(24)36-33(34)41)29(31(39)20-9-8-10-21(18-20)38(42)43)30(32(40)23-12-2-5-14-25(23)35)37(28)27-16-7-3-11-22(19)27/h2-18,28-30H,1H3,(H,36,41)/t28-,29-,30+,34+/m0/s1. The van der Waals surface area contributed by atoms with Gasteiger partial charge in [-0.2, -0.15) is 0 Å². The third kappa shape index (κ3) is 3.73. The lowest BCUT2D eigenvalue weighted by Gasteiger charge is -2.39. The molecular weight excluding hydrogens is 566 g/mol. The number of nitro benzene ring substituents is 1. The highest BCUT2D eigenvalue weighted by Gasteiger charge is 2.70. The summed E-state index contributed by atoms with van der Waals surface area (Å²) in [5, 5.41) is 14.9. The molecular formula is C34H24ClN3O5. The number of para-hydroxylation sites is 2. The molecule has 3 aliphatic heterocycles. The number of Topliss-reactive ketones (excluding diaryl/α,β-unsaturated/α-hetero) is 2. The summed E-state index contributed by atoms with van der Waals surface area (Å²) >= 11 is 6.57. The van der Waals surface area contributed by atoms with Crippen molar-refractivity contribution in [1.29, 1.82) is 0 Å². The van der Waals surface area contributed by atoms with Crippen LogP contribution < -0.4 is 10.2 Å². The van der Waals surface area contributed by atoms with E-state index < -0.39 is 45.8 Å². The van der Waals surface area contributed by atoms with Gasteiger partial charge < -0.3 is 10.2 Å². The number of benzene rings is 4. The van der Waals surface area contributed by atoms with Crippen LogP contribution in [0.3, 0.4) is 0 Å². The van der Waals surface area contributed by atoms with E-state index in [1.165, 1.54) is 24.3 Å².